The first kappa shape index (κ1) is 24.2. The summed E-state index contributed by atoms with van der Waals surface area (Å²) in [5.74, 6) is 2.08. The van der Waals surface area contributed by atoms with E-state index >= 15 is 0 Å². The van der Waals surface area contributed by atoms with E-state index in [1.165, 1.54) is 5.56 Å². The molecule has 1 aliphatic rings. The number of hydrogen-bond acceptors (Lipinski definition) is 6. The molecular weight excluding hydrogens is 476 g/mol. The summed E-state index contributed by atoms with van der Waals surface area (Å²) in [4.78, 5) is 23.9. The zero-order valence-corrected chi connectivity index (χ0v) is 21.0. The summed E-state index contributed by atoms with van der Waals surface area (Å²) >= 11 is 6.07. The van der Waals surface area contributed by atoms with E-state index in [1.807, 2.05) is 43.6 Å². The third kappa shape index (κ3) is 6.01. The van der Waals surface area contributed by atoms with Crippen molar-refractivity contribution in [2.75, 3.05) is 13.1 Å². The topological polar surface area (TPSA) is 89.1 Å². The zero-order chi connectivity index (χ0) is 24.9. The van der Waals surface area contributed by atoms with Crippen LogP contribution in [0, 0.1) is 12.8 Å². The van der Waals surface area contributed by atoms with Gasteiger partial charge in [-0.25, -0.2) is 4.98 Å². The van der Waals surface area contributed by atoms with Gasteiger partial charge in [-0.3, -0.25) is 9.69 Å². The minimum absolute atomic E-state index is 0.0578. The number of carbonyl (C=O) groups is 1. The van der Waals surface area contributed by atoms with Crippen LogP contribution in [0.3, 0.4) is 0 Å². The van der Waals surface area contributed by atoms with E-state index in [-0.39, 0.29) is 11.8 Å². The van der Waals surface area contributed by atoms with E-state index in [0.29, 0.717) is 36.4 Å². The second-order valence-corrected chi connectivity index (χ2v) is 9.67. The minimum atomic E-state index is -0.0578. The molecule has 1 aliphatic heterocycles. The zero-order valence-electron chi connectivity index (χ0n) is 20.2. The van der Waals surface area contributed by atoms with Gasteiger partial charge in [0.2, 0.25) is 17.6 Å². The molecule has 1 amide bonds. The highest BCUT2D eigenvalue weighted by atomic mass is 35.5. The van der Waals surface area contributed by atoms with Gasteiger partial charge in [-0.05, 0) is 49.6 Å². The molecule has 1 saturated heterocycles. The first-order valence-corrected chi connectivity index (χ1v) is 12.6. The largest absolute Gasteiger partial charge is 0.352 e. The number of likely N-dealkylation sites (tertiary alicyclic amines) is 1. The van der Waals surface area contributed by atoms with Gasteiger partial charge in [0.15, 0.2) is 0 Å². The maximum atomic E-state index is 12.9. The van der Waals surface area contributed by atoms with Gasteiger partial charge in [-0.2, -0.15) is 4.98 Å². The number of halogens is 1. The molecule has 186 valence electrons. The van der Waals surface area contributed by atoms with Crippen LogP contribution in [0.4, 0.5) is 0 Å². The lowest BCUT2D eigenvalue weighted by Crippen LogP contribution is -2.42. The van der Waals surface area contributed by atoms with Crippen molar-refractivity contribution in [2.45, 2.75) is 39.4 Å². The van der Waals surface area contributed by atoms with Crippen LogP contribution in [-0.4, -0.2) is 43.6 Å². The number of carbonyl (C=O) groups excluding carboxylic acids is 1. The highest BCUT2D eigenvalue weighted by Crippen LogP contribution is 2.22. The number of aryl methyl sites for hydroxylation is 1. The molecule has 2 aromatic heterocycles. The van der Waals surface area contributed by atoms with Gasteiger partial charge in [-0.15, -0.1) is 0 Å². The van der Waals surface area contributed by atoms with E-state index in [2.05, 4.69) is 54.2 Å². The van der Waals surface area contributed by atoms with Gasteiger partial charge < -0.3 is 14.4 Å². The molecule has 1 fully saturated rings. The van der Waals surface area contributed by atoms with Crippen LogP contribution >= 0.6 is 11.6 Å². The van der Waals surface area contributed by atoms with Crippen molar-refractivity contribution in [3.05, 3.63) is 88.8 Å². The van der Waals surface area contributed by atoms with E-state index < -0.39 is 0 Å². The summed E-state index contributed by atoms with van der Waals surface area (Å²) in [7, 11) is 0. The average Bonchev–Trinajstić information content (AvgIpc) is 3.52. The van der Waals surface area contributed by atoms with E-state index in [0.717, 1.165) is 42.9 Å². The Morgan fingerprint density at radius 1 is 1.17 bits per heavy atom. The van der Waals surface area contributed by atoms with E-state index in [4.69, 9.17) is 16.1 Å². The monoisotopic (exact) mass is 504 g/mol. The summed E-state index contributed by atoms with van der Waals surface area (Å²) in [6.45, 7) is 5.40. The first-order valence-electron chi connectivity index (χ1n) is 12.2. The second kappa shape index (κ2) is 11.1. The van der Waals surface area contributed by atoms with Crippen molar-refractivity contribution in [1.82, 2.24) is 29.9 Å². The second-order valence-electron chi connectivity index (χ2n) is 9.23. The molecule has 8 nitrogen and oxygen atoms in total. The maximum Gasteiger partial charge on any atom is 0.241 e. The third-order valence-electron chi connectivity index (χ3n) is 6.55. The van der Waals surface area contributed by atoms with Crippen LogP contribution in [-0.2, 0) is 24.4 Å². The smallest absolute Gasteiger partial charge is 0.241 e. The lowest BCUT2D eigenvalue weighted by atomic mass is 9.97. The molecule has 5 rings (SSSR count). The van der Waals surface area contributed by atoms with Crippen molar-refractivity contribution < 1.29 is 9.32 Å². The molecule has 0 spiro atoms. The molecule has 1 atom stereocenters. The van der Waals surface area contributed by atoms with Crippen LogP contribution in [0.15, 0.2) is 65.4 Å². The Balaban J connectivity index is 1.11. The fourth-order valence-electron chi connectivity index (χ4n) is 4.53. The summed E-state index contributed by atoms with van der Waals surface area (Å²) < 4.78 is 7.57. The van der Waals surface area contributed by atoms with Gasteiger partial charge in [0.05, 0.1) is 12.5 Å². The number of aromatic nitrogens is 4. The van der Waals surface area contributed by atoms with Crippen LogP contribution in [0.25, 0.3) is 11.4 Å². The first-order chi connectivity index (χ1) is 17.5. The number of hydrogen-bond donors (Lipinski definition) is 1. The fraction of sp³-hybridized carbons (Fsp3) is 0.333. The number of imidazole rings is 1. The summed E-state index contributed by atoms with van der Waals surface area (Å²) in [5.41, 5.74) is 3.11. The highest BCUT2D eigenvalue weighted by Gasteiger charge is 2.26. The Morgan fingerprint density at radius 2 is 2.00 bits per heavy atom. The molecule has 9 heteroatoms. The van der Waals surface area contributed by atoms with Crippen LogP contribution in [0.1, 0.15) is 35.7 Å². The number of amides is 1. The van der Waals surface area contributed by atoms with Crippen LogP contribution < -0.4 is 5.32 Å². The quantitative estimate of drug-likeness (QED) is 0.381. The molecule has 1 N–H and O–H groups in total. The number of nitrogens with one attached hydrogen (secondary N) is 1. The third-order valence-corrected chi connectivity index (χ3v) is 6.79. The van der Waals surface area contributed by atoms with Gasteiger partial charge in [-0.1, -0.05) is 53.2 Å². The normalized spacial score (nSPS) is 16.2. The van der Waals surface area contributed by atoms with Crippen LogP contribution in [0.5, 0.6) is 0 Å². The predicted octanol–water partition coefficient (Wildman–Crippen LogP) is 4.47. The molecule has 1 unspecified atom stereocenters. The molecule has 0 bridgehead atoms. The number of nitrogens with zero attached hydrogens (tertiary/aromatic N) is 5. The molecule has 2 aromatic carbocycles. The molecule has 0 radical (unpaired) electrons. The van der Waals surface area contributed by atoms with Crippen molar-refractivity contribution in [3.63, 3.8) is 0 Å². The Morgan fingerprint density at radius 3 is 2.78 bits per heavy atom. The molecule has 0 aliphatic carbocycles. The summed E-state index contributed by atoms with van der Waals surface area (Å²) in [6, 6.07) is 15.7. The highest BCUT2D eigenvalue weighted by molar-refractivity contribution is 6.30. The van der Waals surface area contributed by atoms with Crippen molar-refractivity contribution >= 4 is 17.5 Å². The van der Waals surface area contributed by atoms with Gasteiger partial charge in [0.25, 0.3) is 0 Å². The number of benzene rings is 2. The molecule has 36 heavy (non-hydrogen) atoms. The fourth-order valence-corrected chi connectivity index (χ4v) is 4.72. The predicted molar refractivity (Wildman–Crippen MR) is 137 cm³/mol. The van der Waals surface area contributed by atoms with Crippen LogP contribution in [0.2, 0.25) is 5.02 Å². The minimum Gasteiger partial charge on any atom is -0.352 e. The van der Waals surface area contributed by atoms with Gasteiger partial charge in [0, 0.05) is 42.6 Å². The van der Waals surface area contributed by atoms with Crippen molar-refractivity contribution in [2.24, 2.45) is 5.92 Å². The molecular formula is C27H29ClN6O2. The Kier molecular flexibility index (Phi) is 7.44. The molecule has 0 saturated carbocycles. The number of piperidine rings is 1. The van der Waals surface area contributed by atoms with Gasteiger partial charge >= 0.3 is 0 Å². The Labute approximate surface area is 215 Å². The molecule has 3 heterocycles. The average molecular weight is 505 g/mol. The lowest BCUT2D eigenvalue weighted by molar-refractivity contribution is -0.127. The van der Waals surface area contributed by atoms with Crippen molar-refractivity contribution in [3.8, 4) is 11.4 Å². The Hall–Kier alpha value is -3.49. The summed E-state index contributed by atoms with van der Waals surface area (Å²) in [5, 5.41) is 7.83. The summed E-state index contributed by atoms with van der Waals surface area (Å²) in [6.07, 6.45) is 5.62. The molecule has 4 aromatic rings. The number of rotatable bonds is 8. The van der Waals surface area contributed by atoms with Crippen molar-refractivity contribution in [1.29, 1.82) is 0 Å². The standard InChI is InChI=1S/C27H29ClN6O2/c1-19-29-11-13-34(19)16-21-9-7-20(8-10-21)15-30-27(35)23-5-3-12-33(17-23)18-25-31-26(32-36-25)22-4-2-6-24(28)14-22/h2,4,6-11,13-14,23H,3,5,12,15-18H2,1H3,(H,30,35). The SMILES string of the molecule is Cc1nccn1Cc1ccc(CNC(=O)C2CCCN(Cc3nc(-c4cccc(Cl)c4)no3)C2)cc1. The van der Waals surface area contributed by atoms with E-state index in [1.54, 1.807) is 0 Å². The van der Waals surface area contributed by atoms with E-state index in [9.17, 15) is 4.79 Å². The maximum absolute atomic E-state index is 12.9. The Bertz CT molecular complexity index is 1320. The van der Waals surface area contributed by atoms with Gasteiger partial charge in [0.1, 0.15) is 5.82 Å². The lowest BCUT2D eigenvalue weighted by Gasteiger charge is -2.30.